The highest BCUT2D eigenvalue weighted by molar-refractivity contribution is 5.75. The van der Waals surface area contributed by atoms with Crippen molar-refractivity contribution in [2.75, 3.05) is 7.11 Å². The Hall–Kier alpha value is -1.40. The van der Waals surface area contributed by atoms with E-state index in [0.29, 0.717) is 5.56 Å². The monoisotopic (exact) mass is 242 g/mol. The number of hydrogen-bond acceptors (Lipinski definition) is 5. The number of esters is 1. The van der Waals surface area contributed by atoms with Crippen molar-refractivity contribution in [2.24, 2.45) is 0 Å². The number of aryl methyl sites for hydroxylation is 1. The van der Waals surface area contributed by atoms with Crippen LogP contribution in [0.2, 0.25) is 0 Å². The Labute approximate surface area is 99.8 Å². The Morgan fingerprint density at radius 2 is 2.24 bits per heavy atom. The molecular formula is C11H18N2O4. The fourth-order valence-corrected chi connectivity index (χ4v) is 1.61. The summed E-state index contributed by atoms with van der Waals surface area (Å²) in [4.78, 5) is 11.1. The van der Waals surface area contributed by atoms with Crippen molar-refractivity contribution in [3.05, 3.63) is 17.5 Å². The highest BCUT2D eigenvalue weighted by Gasteiger charge is 2.29. The van der Waals surface area contributed by atoms with Gasteiger partial charge in [-0.3, -0.25) is 4.68 Å². The van der Waals surface area contributed by atoms with Gasteiger partial charge in [0, 0.05) is 17.8 Å². The molecule has 2 N–H and O–H groups in total. The molecule has 6 nitrogen and oxygen atoms in total. The highest BCUT2D eigenvalue weighted by Crippen LogP contribution is 2.21. The molecule has 0 spiro atoms. The molecule has 6 heteroatoms. The SMILES string of the molecule is CCCn1ncc(C(O)C(O)C(=O)OC)c1C. The van der Waals surface area contributed by atoms with Crippen LogP contribution in [0.1, 0.15) is 30.7 Å². The number of rotatable bonds is 5. The molecule has 0 aliphatic carbocycles. The zero-order valence-electron chi connectivity index (χ0n) is 10.3. The average molecular weight is 242 g/mol. The molecule has 1 aromatic heterocycles. The first-order valence-electron chi connectivity index (χ1n) is 5.49. The van der Waals surface area contributed by atoms with Crippen molar-refractivity contribution < 1.29 is 19.7 Å². The van der Waals surface area contributed by atoms with Crippen LogP contribution in [-0.4, -0.2) is 39.2 Å². The van der Waals surface area contributed by atoms with Crippen LogP contribution in [0.5, 0.6) is 0 Å². The summed E-state index contributed by atoms with van der Waals surface area (Å²) >= 11 is 0. The van der Waals surface area contributed by atoms with Crippen molar-refractivity contribution in [3.8, 4) is 0 Å². The van der Waals surface area contributed by atoms with Crippen LogP contribution in [0, 0.1) is 6.92 Å². The number of carbonyl (C=O) groups excluding carboxylic acids is 1. The number of carbonyl (C=O) groups is 1. The van der Waals surface area contributed by atoms with Gasteiger partial charge in [0.2, 0.25) is 0 Å². The molecule has 96 valence electrons. The first-order chi connectivity index (χ1) is 8.02. The van der Waals surface area contributed by atoms with Gasteiger partial charge in [0.25, 0.3) is 0 Å². The summed E-state index contributed by atoms with van der Waals surface area (Å²) in [6.07, 6.45) is -0.523. The van der Waals surface area contributed by atoms with Crippen LogP contribution in [0.4, 0.5) is 0 Å². The van der Waals surface area contributed by atoms with Crippen LogP contribution in [0.25, 0.3) is 0 Å². The molecule has 0 saturated carbocycles. The van der Waals surface area contributed by atoms with Crippen molar-refractivity contribution >= 4 is 5.97 Å². The molecule has 0 aliphatic rings. The van der Waals surface area contributed by atoms with Crippen molar-refractivity contribution in [1.82, 2.24) is 9.78 Å². The number of nitrogens with zero attached hydrogens (tertiary/aromatic N) is 2. The molecule has 1 rings (SSSR count). The van der Waals surface area contributed by atoms with Crippen molar-refractivity contribution in [1.29, 1.82) is 0 Å². The van der Waals surface area contributed by atoms with E-state index in [-0.39, 0.29) is 0 Å². The molecule has 1 aromatic rings. The maximum Gasteiger partial charge on any atom is 0.337 e. The summed E-state index contributed by atoms with van der Waals surface area (Å²) in [5.41, 5.74) is 1.18. The van der Waals surface area contributed by atoms with Crippen LogP contribution in [-0.2, 0) is 16.1 Å². The summed E-state index contributed by atoms with van der Waals surface area (Å²) in [7, 11) is 1.16. The Kier molecular flexibility index (Phi) is 4.65. The second-order valence-corrected chi connectivity index (χ2v) is 3.82. The molecule has 2 atom stereocenters. The summed E-state index contributed by atoms with van der Waals surface area (Å²) in [6.45, 7) is 4.53. The number of aromatic nitrogens is 2. The molecule has 0 fully saturated rings. The van der Waals surface area contributed by atoms with Gasteiger partial charge in [-0.15, -0.1) is 0 Å². The Bertz CT molecular complexity index is 389. The zero-order chi connectivity index (χ0) is 13.0. The lowest BCUT2D eigenvalue weighted by Gasteiger charge is -2.15. The summed E-state index contributed by atoms with van der Waals surface area (Å²) < 4.78 is 6.10. The van der Waals surface area contributed by atoms with Crippen LogP contribution in [0.3, 0.4) is 0 Å². The third-order valence-electron chi connectivity index (χ3n) is 2.64. The standard InChI is InChI=1S/C11H18N2O4/c1-4-5-13-7(2)8(6-12-13)9(14)10(15)11(16)17-3/h6,9-10,14-15H,4-5H2,1-3H3. The fourth-order valence-electron chi connectivity index (χ4n) is 1.61. The van der Waals surface area contributed by atoms with E-state index in [2.05, 4.69) is 9.84 Å². The number of methoxy groups -OCH3 is 1. The highest BCUT2D eigenvalue weighted by atomic mass is 16.5. The molecular weight excluding hydrogens is 224 g/mol. The van der Waals surface area contributed by atoms with Gasteiger partial charge >= 0.3 is 5.97 Å². The van der Waals surface area contributed by atoms with E-state index < -0.39 is 18.2 Å². The minimum atomic E-state index is -1.59. The molecule has 0 aliphatic heterocycles. The number of hydrogen-bond donors (Lipinski definition) is 2. The minimum absolute atomic E-state index is 0.441. The van der Waals surface area contributed by atoms with E-state index in [4.69, 9.17) is 0 Å². The second-order valence-electron chi connectivity index (χ2n) is 3.82. The third kappa shape index (κ3) is 2.83. The molecule has 17 heavy (non-hydrogen) atoms. The van der Waals surface area contributed by atoms with E-state index in [0.717, 1.165) is 25.8 Å². The van der Waals surface area contributed by atoms with Crippen LogP contribution >= 0.6 is 0 Å². The van der Waals surface area contributed by atoms with Gasteiger partial charge < -0.3 is 14.9 Å². The van der Waals surface area contributed by atoms with E-state index in [9.17, 15) is 15.0 Å². The van der Waals surface area contributed by atoms with E-state index in [1.807, 2.05) is 6.92 Å². The topological polar surface area (TPSA) is 84.6 Å². The lowest BCUT2D eigenvalue weighted by Crippen LogP contribution is -2.29. The van der Waals surface area contributed by atoms with Gasteiger partial charge in [0.05, 0.1) is 13.3 Å². The molecule has 0 saturated heterocycles. The minimum Gasteiger partial charge on any atom is -0.467 e. The van der Waals surface area contributed by atoms with E-state index >= 15 is 0 Å². The molecule has 0 radical (unpaired) electrons. The summed E-state index contributed by atoms with van der Waals surface area (Å²) in [6, 6.07) is 0. The lowest BCUT2D eigenvalue weighted by molar-refractivity contribution is -0.156. The normalized spacial score (nSPS) is 14.4. The third-order valence-corrected chi connectivity index (χ3v) is 2.64. The maximum absolute atomic E-state index is 11.1. The smallest absolute Gasteiger partial charge is 0.337 e. The van der Waals surface area contributed by atoms with Crippen molar-refractivity contribution in [3.63, 3.8) is 0 Å². The number of aliphatic hydroxyl groups excluding tert-OH is 2. The molecule has 2 unspecified atom stereocenters. The van der Waals surface area contributed by atoms with Crippen LogP contribution in [0.15, 0.2) is 6.20 Å². The Balaban J connectivity index is 2.89. The Morgan fingerprint density at radius 1 is 1.59 bits per heavy atom. The summed E-state index contributed by atoms with van der Waals surface area (Å²) in [5, 5.41) is 23.5. The molecule has 0 aromatic carbocycles. The maximum atomic E-state index is 11.1. The van der Waals surface area contributed by atoms with E-state index in [1.165, 1.54) is 6.20 Å². The van der Waals surface area contributed by atoms with Crippen LogP contribution < -0.4 is 0 Å². The Morgan fingerprint density at radius 3 is 2.76 bits per heavy atom. The predicted octanol–water partition coefficient (Wildman–Crippen LogP) is 0.169. The number of aliphatic hydroxyl groups is 2. The fraction of sp³-hybridized carbons (Fsp3) is 0.636. The van der Waals surface area contributed by atoms with Crippen molar-refractivity contribution in [2.45, 2.75) is 39.0 Å². The molecule has 1 heterocycles. The summed E-state index contributed by atoms with van der Waals surface area (Å²) in [5.74, 6) is -0.861. The van der Waals surface area contributed by atoms with Gasteiger partial charge in [-0.25, -0.2) is 4.79 Å². The largest absolute Gasteiger partial charge is 0.467 e. The number of ether oxygens (including phenoxy) is 1. The molecule has 0 bridgehead atoms. The average Bonchev–Trinajstić information content (AvgIpc) is 2.69. The molecule has 0 amide bonds. The van der Waals surface area contributed by atoms with Gasteiger partial charge in [0.15, 0.2) is 6.10 Å². The quantitative estimate of drug-likeness (QED) is 0.719. The first-order valence-corrected chi connectivity index (χ1v) is 5.49. The van der Waals surface area contributed by atoms with E-state index in [1.54, 1.807) is 11.6 Å². The van der Waals surface area contributed by atoms with Gasteiger partial charge in [-0.2, -0.15) is 5.10 Å². The van der Waals surface area contributed by atoms with Gasteiger partial charge in [-0.1, -0.05) is 6.92 Å². The predicted molar refractivity (Wildman–Crippen MR) is 60.2 cm³/mol. The van der Waals surface area contributed by atoms with Gasteiger partial charge in [0.1, 0.15) is 6.10 Å². The second kappa shape index (κ2) is 5.79. The lowest BCUT2D eigenvalue weighted by atomic mass is 10.1. The zero-order valence-corrected chi connectivity index (χ0v) is 10.3. The van der Waals surface area contributed by atoms with Gasteiger partial charge in [-0.05, 0) is 13.3 Å². The first kappa shape index (κ1) is 13.7.